The Labute approximate surface area is 271 Å². The van der Waals surface area contributed by atoms with E-state index in [0.717, 1.165) is 0 Å². The zero-order valence-electron chi connectivity index (χ0n) is 26.5. The minimum atomic E-state index is -1.27. The number of aryl methyl sites for hydroxylation is 1. The van der Waals surface area contributed by atoms with Gasteiger partial charge in [-0.1, -0.05) is 36.4 Å². The number of rotatable bonds is 10. The van der Waals surface area contributed by atoms with Gasteiger partial charge in [-0.05, 0) is 124 Å². The number of carbonyl (C=O) groups excluding carboxylic acids is 1. The lowest BCUT2D eigenvalue weighted by molar-refractivity contribution is -0.140. The zero-order valence-corrected chi connectivity index (χ0v) is 26.5. The van der Waals surface area contributed by atoms with Gasteiger partial charge in [0.15, 0.2) is 34.8 Å². The van der Waals surface area contributed by atoms with E-state index < -0.39 is 58.5 Å². The van der Waals surface area contributed by atoms with Crippen molar-refractivity contribution in [3.8, 4) is 11.5 Å². The lowest BCUT2D eigenvalue weighted by atomic mass is 9.78. The number of ether oxygens (including phenoxy) is 2. The summed E-state index contributed by atoms with van der Waals surface area (Å²) in [6.45, 7) is 3.73. The predicted octanol–water partition coefficient (Wildman–Crippen LogP) is 10.7. The molecule has 0 N–H and O–H groups in total. The summed E-state index contributed by atoms with van der Waals surface area (Å²) in [5.41, 5.74) is 1.40. The molecule has 5 rings (SSSR count). The lowest BCUT2D eigenvalue weighted by Gasteiger charge is -2.28. The van der Waals surface area contributed by atoms with E-state index in [4.69, 9.17) is 9.47 Å². The standard InChI is InChI=1S/C38H38F6O3/c1-3-5-6-7-25-16-17-27(33(40)32(25)39)24-12-14-26(15-13-24)38(45)47-31-21-19-29(35(42)37(31)44)23-10-8-22(9-11-23)28-18-20-30(46-4-2)36(43)34(28)41/h3,5,8,16-21,23-24,26H,4,6-7,9-15H2,1-2H3/b5-3+. The van der Waals surface area contributed by atoms with Crippen molar-refractivity contribution in [3.63, 3.8) is 0 Å². The largest absolute Gasteiger partial charge is 0.491 e. The molecule has 0 heterocycles. The van der Waals surface area contributed by atoms with Gasteiger partial charge in [0.1, 0.15) is 0 Å². The third-order valence-electron chi connectivity index (χ3n) is 9.34. The Morgan fingerprint density at radius 1 is 0.766 bits per heavy atom. The maximum absolute atomic E-state index is 15.2. The van der Waals surface area contributed by atoms with Crippen LogP contribution in [0.25, 0.3) is 5.57 Å². The summed E-state index contributed by atoms with van der Waals surface area (Å²) in [6.07, 6.45) is 8.98. The van der Waals surface area contributed by atoms with Crippen LogP contribution in [-0.4, -0.2) is 12.6 Å². The third-order valence-corrected chi connectivity index (χ3v) is 9.34. The highest BCUT2D eigenvalue weighted by Crippen LogP contribution is 2.41. The summed E-state index contributed by atoms with van der Waals surface area (Å²) in [7, 11) is 0. The Morgan fingerprint density at radius 2 is 1.43 bits per heavy atom. The van der Waals surface area contributed by atoms with E-state index in [1.807, 2.05) is 19.1 Å². The van der Waals surface area contributed by atoms with Crippen molar-refractivity contribution in [2.45, 2.75) is 83.5 Å². The minimum absolute atomic E-state index is 0.109. The molecule has 3 nitrogen and oxygen atoms in total. The molecule has 0 radical (unpaired) electrons. The molecule has 3 aromatic carbocycles. The first-order valence-corrected chi connectivity index (χ1v) is 16.2. The van der Waals surface area contributed by atoms with Crippen LogP contribution >= 0.6 is 0 Å². The van der Waals surface area contributed by atoms with E-state index in [1.165, 1.54) is 24.3 Å². The number of hydrogen-bond donors (Lipinski definition) is 0. The van der Waals surface area contributed by atoms with Gasteiger partial charge in [-0.25, -0.2) is 17.6 Å². The Kier molecular flexibility index (Phi) is 11.1. The first-order chi connectivity index (χ1) is 22.6. The van der Waals surface area contributed by atoms with Crippen LogP contribution in [0.2, 0.25) is 0 Å². The lowest BCUT2D eigenvalue weighted by Crippen LogP contribution is -2.26. The molecule has 0 bridgehead atoms. The molecule has 1 atom stereocenters. The van der Waals surface area contributed by atoms with Crippen LogP contribution in [-0.2, 0) is 11.2 Å². The van der Waals surface area contributed by atoms with Gasteiger partial charge in [0.25, 0.3) is 0 Å². The van der Waals surface area contributed by atoms with Crippen molar-refractivity contribution >= 4 is 11.5 Å². The average molecular weight is 657 g/mol. The van der Waals surface area contributed by atoms with Crippen molar-refractivity contribution in [1.82, 2.24) is 0 Å². The normalized spacial score (nSPS) is 19.9. The van der Waals surface area contributed by atoms with E-state index in [0.29, 0.717) is 62.5 Å². The molecule has 0 amide bonds. The second-order valence-corrected chi connectivity index (χ2v) is 12.2. The summed E-state index contributed by atoms with van der Waals surface area (Å²) in [5.74, 6) is -8.80. The van der Waals surface area contributed by atoms with Crippen molar-refractivity contribution < 1.29 is 40.6 Å². The summed E-state index contributed by atoms with van der Waals surface area (Å²) in [6, 6.07) is 8.68. The van der Waals surface area contributed by atoms with Crippen LogP contribution in [0.4, 0.5) is 26.3 Å². The van der Waals surface area contributed by atoms with E-state index in [-0.39, 0.29) is 41.4 Å². The van der Waals surface area contributed by atoms with Crippen LogP contribution < -0.4 is 9.47 Å². The molecule has 0 aliphatic heterocycles. The van der Waals surface area contributed by atoms with E-state index in [2.05, 4.69) is 0 Å². The van der Waals surface area contributed by atoms with E-state index >= 15 is 8.78 Å². The Balaban J connectivity index is 1.19. The average Bonchev–Trinajstić information content (AvgIpc) is 3.08. The molecule has 2 aliphatic rings. The third kappa shape index (κ3) is 7.44. The van der Waals surface area contributed by atoms with Crippen molar-refractivity contribution in [3.05, 3.63) is 112 Å². The van der Waals surface area contributed by atoms with E-state index in [9.17, 15) is 22.4 Å². The fourth-order valence-electron chi connectivity index (χ4n) is 6.70. The first kappa shape index (κ1) is 34.3. The molecule has 1 saturated carbocycles. The van der Waals surface area contributed by atoms with Gasteiger partial charge in [0.05, 0.1) is 12.5 Å². The molecule has 0 spiro atoms. The molecule has 250 valence electrons. The summed E-state index contributed by atoms with van der Waals surface area (Å²) < 4.78 is 99.4. The number of allylic oxidation sites excluding steroid dienone is 4. The predicted molar refractivity (Wildman–Crippen MR) is 168 cm³/mol. The molecule has 47 heavy (non-hydrogen) atoms. The second kappa shape index (κ2) is 15.3. The van der Waals surface area contributed by atoms with Gasteiger partial charge in [-0.3, -0.25) is 4.79 Å². The summed E-state index contributed by atoms with van der Waals surface area (Å²) in [5, 5.41) is 0. The topological polar surface area (TPSA) is 35.5 Å². The Bertz CT molecular complexity index is 1670. The van der Waals surface area contributed by atoms with Gasteiger partial charge in [0.2, 0.25) is 11.6 Å². The fraction of sp³-hybridized carbons (Fsp3) is 0.395. The van der Waals surface area contributed by atoms with Gasteiger partial charge < -0.3 is 9.47 Å². The smallest absolute Gasteiger partial charge is 0.314 e. The van der Waals surface area contributed by atoms with Crippen molar-refractivity contribution in [1.29, 1.82) is 0 Å². The highest BCUT2D eigenvalue weighted by molar-refractivity contribution is 5.75. The van der Waals surface area contributed by atoms with Crippen LogP contribution in [0, 0.1) is 40.8 Å². The van der Waals surface area contributed by atoms with Gasteiger partial charge >= 0.3 is 5.97 Å². The molecule has 9 heteroatoms. The maximum Gasteiger partial charge on any atom is 0.314 e. The first-order valence-electron chi connectivity index (χ1n) is 16.2. The fourth-order valence-corrected chi connectivity index (χ4v) is 6.70. The molecule has 1 unspecified atom stereocenters. The Morgan fingerprint density at radius 3 is 2.11 bits per heavy atom. The van der Waals surface area contributed by atoms with Gasteiger partial charge in [0, 0.05) is 5.56 Å². The Hall–Kier alpha value is -4.01. The quantitative estimate of drug-likeness (QED) is 0.0943. The van der Waals surface area contributed by atoms with Crippen LogP contribution in [0.1, 0.15) is 99.3 Å². The zero-order chi connectivity index (χ0) is 33.7. The molecule has 0 saturated heterocycles. The van der Waals surface area contributed by atoms with Gasteiger partial charge in [-0.2, -0.15) is 8.78 Å². The number of halogens is 6. The van der Waals surface area contributed by atoms with Crippen LogP contribution in [0.3, 0.4) is 0 Å². The number of carbonyl (C=O) groups is 1. The molecule has 3 aromatic rings. The summed E-state index contributed by atoms with van der Waals surface area (Å²) >= 11 is 0. The van der Waals surface area contributed by atoms with Gasteiger partial charge in [-0.15, -0.1) is 0 Å². The molecule has 0 aromatic heterocycles. The second-order valence-electron chi connectivity index (χ2n) is 12.2. The highest BCUT2D eigenvalue weighted by atomic mass is 19.2. The van der Waals surface area contributed by atoms with Crippen LogP contribution in [0.5, 0.6) is 11.5 Å². The monoisotopic (exact) mass is 656 g/mol. The number of benzene rings is 3. The van der Waals surface area contributed by atoms with Crippen molar-refractivity contribution in [2.75, 3.05) is 6.61 Å². The molecule has 1 fully saturated rings. The van der Waals surface area contributed by atoms with E-state index in [1.54, 1.807) is 25.1 Å². The van der Waals surface area contributed by atoms with Crippen molar-refractivity contribution in [2.24, 2.45) is 5.92 Å². The SMILES string of the molecule is C/C=C/CCc1ccc(C2CCC(C(=O)Oc3ccc(C4CC=C(c5ccc(OCC)c(F)c5F)CC4)c(F)c3F)CC2)c(F)c1F. The molecular weight excluding hydrogens is 618 g/mol. The molecular formula is C38H38F6O3. The number of esters is 1. The highest BCUT2D eigenvalue weighted by Gasteiger charge is 2.32. The summed E-state index contributed by atoms with van der Waals surface area (Å²) in [4.78, 5) is 12.9. The number of hydrogen-bond acceptors (Lipinski definition) is 3. The minimum Gasteiger partial charge on any atom is -0.491 e. The maximum atomic E-state index is 15.2. The van der Waals surface area contributed by atoms with Crippen LogP contribution in [0.15, 0.2) is 54.6 Å². The molecule has 2 aliphatic carbocycles.